The molecule has 0 aliphatic carbocycles. The minimum Gasteiger partial charge on any atom is -0.390 e. The molecule has 1 amide bonds. The zero-order chi connectivity index (χ0) is 20.8. The molecule has 0 aromatic heterocycles. The van der Waals surface area contributed by atoms with Gasteiger partial charge in [-0.25, -0.2) is 0 Å². The van der Waals surface area contributed by atoms with Gasteiger partial charge in [-0.05, 0) is 36.6 Å². The summed E-state index contributed by atoms with van der Waals surface area (Å²) in [5.41, 5.74) is 3.75. The van der Waals surface area contributed by atoms with Crippen LogP contribution in [0.15, 0.2) is 35.6 Å². The van der Waals surface area contributed by atoms with Gasteiger partial charge in [0.2, 0.25) is 0 Å². The van der Waals surface area contributed by atoms with Crippen LogP contribution in [0.2, 0.25) is 0 Å². The van der Waals surface area contributed by atoms with E-state index >= 15 is 0 Å². The number of carbonyl (C=O) groups is 1. The second-order valence-electron chi connectivity index (χ2n) is 7.20. The lowest BCUT2D eigenvalue weighted by Gasteiger charge is -2.25. The van der Waals surface area contributed by atoms with E-state index in [1.807, 2.05) is 26.0 Å². The molecule has 0 saturated carbocycles. The number of fused-ring (bicyclic) bond motifs is 1. The first-order valence-electron chi connectivity index (χ1n) is 9.19. The van der Waals surface area contributed by atoms with Gasteiger partial charge in [0.25, 0.3) is 5.91 Å². The molecule has 0 unspecified atom stereocenters. The summed E-state index contributed by atoms with van der Waals surface area (Å²) in [5, 5.41) is 29.7. The number of benzene rings is 1. The van der Waals surface area contributed by atoms with E-state index in [-0.39, 0.29) is 18.2 Å². The van der Waals surface area contributed by atoms with Crippen LogP contribution >= 0.6 is 0 Å². The van der Waals surface area contributed by atoms with E-state index in [9.17, 15) is 15.0 Å². The Hall–Kier alpha value is -2.42. The number of nitrogens with zero attached hydrogens (tertiary/aromatic N) is 1. The third kappa shape index (κ3) is 5.54. The zero-order valence-corrected chi connectivity index (χ0v) is 16.7. The number of oxime groups is 1. The number of rotatable bonds is 9. The highest BCUT2D eigenvalue weighted by molar-refractivity contribution is 5.94. The number of aliphatic hydroxyl groups is 2. The molecule has 0 saturated heterocycles. The van der Waals surface area contributed by atoms with E-state index in [4.69, 9.17) is 9.57 Å². The van der Waals surface area contributed by atoms with Crippen LogP contribution in [0.4, 0.5) is 11.4 Å². The van der Waals surface area contributed by atoms with Crippen LogP contribution in [0, 0.1) is 5.92 Å². The van der Waals surface area contributed by atoms with E-state index in [2.05, 4.69) is 22.4 Å². The van der Waals surface area contributed by atoms with Gasteiger partial charge in [-0.15, -0.1) is 0 Å². The normalized spacial score (nSPS) is 17.0. The first-order valence-corrected chi connectivity index (χ1v) is 9.19. The molecule has 0 radical (unpaired) electrons. The molecular weight excluding hydrogens is 362 g/mol. The maximum atomic E-state index is 12.2. The third-order valence-corrected chi connectivity index (χ3v) is 4.38. The van der Waals surface area contributed by atoms with Gasteiger partial charge >= 0.3 is 0 Å². The Bertz CT molecular complexity index is 745. The van der Waals surface area contributed by atoms with Crippen molar-refractivity contribution in [3.63, 3.8) is 0 Å². The molecule has 0 spiro atoms. The van der Waals surface area contributed by atoms with Crippen molar-refractivity contribution in [3.05, 3.63) is 36.0 Å². The van der Waals surface area contributed by atoms with Gasteiger partial charge in [-0.1, -0.05) is 25.6 Å². The fraction of sp³-hybridized carbons (Fsp3) is 0.500. The van der Waals surface area contributed by atoms with Gasteiger partial charge in [0.05, 0.1) is 6.10 Å². The quantitative estimate of drug-likeness (QED) is 0.378. The number of methoxy groups -OCH3 is 1. The number of hydrogen-bond donors (Lipinski definition) is 4. The number of hydrogen-bond acceptors (Lipinski definition) is 7. The predicted octanol–water partition coefficient (Wildman–Crippen LogP) is 1.89. The summed E-state index contributed by atoms with van der Waals surface area (Å²) in [4.78, 5) is 17.3. The van der Waals surface area contributed by atoms with Gasteiger partial charge in [0.15, 0.2) is 6.61 Å². The van der Waals surface area contributed by atoms with Crippen LogP contribution < -0.4 is 10.6 Å². The number of carbonyl (C=O) groups excluding carboxylic acids is 1. The fourth-order valence-electron chi connectivity index (χ4n) is 3.02. The van der Waals surface area contributed by atoms with Crippen molar-refractivity contribution in [3.8, 4) is 0 Å². The van der Waals surface area contributed by atoms with Crippen LogP contribution in [-0.4, -0.2) is 53.9 Å². The van der Waals surface area contributed by atoms with Crippen LogP contribution in [-0.2, 0) is 20.8 Å². The number of ether oxygens (including phenoxy) is 1. The van der Waals surface area contributed by atoms with E-state index in [0.29, 0.717) is 12.1 Å². The van der Waals surface area contributed by atoms with Crippen molar-refractivity contribution in [2.24, 2.45) is 11.1 Å². The monoisotopic (exact) mass is 391 g/mol. The predicted molar refractivity (Wildman–Crippen MR) is 108 cm³/mol. The minimum absolute atomic E-state index is 0.00986. The zero-order valence-electron chi connectivity index (χ0n) is 16.7. The highest BCUT2D eigenvalue weighted by Gasteiger charge is 2.29. The summed E-state index contributed by atoms with van der Waals surface area (Å²) >= 11 is 0. The Labute approximate surface area is 165 Å². The summed E-state index contributed by atoms with van der Waals surface area (Å²) in [6.45, 7) is 8.78. The molecule has 8 heteroatoms. The molecule has 1 aromatic carbocycles. The Kier molecular flexibility index (Phi) is 7.56. The van der Waals surface area contributed by atoms with Crippen molar-refractivity contribution in [1.82, 2.24) is 0 Å². The van der Waals surface area contributed by atoms with E-state index < -0.39 is 24.2 Å². The largest absolute Gasteiger partial charge is 0.390 e. The average Bonchev–Trinajstić information content (AvgIpc) is 2.99. The molecule has 28 heavy (non-hydrogen) atoms. The summed E-state index contributed by atoms with van der Waals surface area (Å²) < 4.78 is 5.35. The highest BCUT2D eigenvalue weighted by Crippen LogP contribution is 2.29. The molecule has 1 aliphatic heterocycles. The van der Waals surface area contributed by atoms with Crippen molar-refractivity contribution >= 4 is 23.0 Å². The molecule has 0 fully saturated rings. The molecule has 8 nitrogen and oxygen atoms in total. The smallest absolute Gasteiger partial charge is 0.265 e. The van der Waals surface area contributed by atoms with Gasteiger partial charge in [-0.2, -0.15) is 0 Å². The van der Waals surface area contributed by atoms with Crippen LogP contribution in [0.25, 0.3) is 0 Å². The number of amides is 1. The van der Waals surface area contributed by atoms with Gasteiger partial charge in [0, 0.05) is 30.6 Å². The van der Waals surface area contributed by atoms with Gasteiger partial charge < -0.3 is 30.4 Å². The molecule has 1 aromatic rings. The number of nitrogens with one attached hydrogen (secondary N) is 2. The maximum Gasteiger partial charge on any atom is 0.265 e. The van der Waals surface area contributed by atoms with Gasteiger partial charge in [0.1, 0.15) is 17.9 Å². The molecular formula is C20H29N3O5. The van der Waals surface area contributed by atoms with Crippen LogP contribution in [0.3, 0.4) is 0 Å². The molecule has 0 bridgehead atoms. The second kappa shape index (κ2) is 9.68. The Balaban J connectivity index is 1.99. The number of allylic oxidation sites excluding steroid dienone is 1. The standard InChI is InChI=1S/C20H29N3O5/c1-11(2)20(27-5)18(19(26)13(4)24)23-28-10-17(25)22-15-6-7-16-14(9-15)8-12(3)21-16/h6-7,9,11,13,19-21,24,26H,3,8,10H2,1-2,4-5H3,(H,22,25)/b23-18+/t13-,19+,20+/m1/s1. The first kappa shape index (κ1) is 21.9. The molecule has 3 atom stereocenters. The van der Waals surface area contributed by atoms with Crippen molar-refractivity contribution in [2.45, 2.75) is 45.5 Å². The lowest BCUT2D eigenvalue weighted by Crippen LogP contribution is -2.42. The maximum absolute atomic E-state index is 12.2. The summed E-state index contributed by atoms with van der Waals surface area (Å²) in [5.74, 6) is -0.401. The summed E-state index contributed by atoms with van der Waals surface area (Å²) in [7, 11) is 1.49. The number of aliphatic hydroxyl groups excluding tert-OH is 2. The summed E-state index contributed by atoms with van der Waals surface area (Å²) in [6.07, 6.45) is -2.14. The first-order chi connectivity index (χ1) is 13.2. The Morgan fingerprint density at radius 3 is 2.68 bits per heavy atom. The summed E-state index contributed by atoms with van der Waals surface area (Å²) in [6, 6.07) is 5.54. The van der Waals surface area contributed by atoms with Crippen LogP contribution in [0.5, 0.6) is 0 Å². The fourth-order valence-corrected chi connectivity index (χ4v) is 3.02. The average molecular weight is 391 g/mol. The molecule has 4 N–H and O–H groups in total. The van der Waals surface area contributed by atoms with Crippen molar-refractivity contribution in [1.29, 1.82) is 0 Å². The molecule has 1 heterocycles. The lowest BCUT2D eigenvalue weighted by molar-refractivity contribution is -0.120. The second-order valence-corrected chi connectivity index (χ2v) is 7.20. The molecule has 1 aliphatic rings. The van der Waals surface area contributed by atoms with Gasteiger partial charge in [-0.3, -0.25) is 4.79 Å². The number of anilines is 2. The van der Waals surface area contributed by atoms with E-state index in [1.54, 1.807) is 6.07 Å². The van der Waals surface area contributed by atoms with E-state index in [0.717, 1.165) is 16.9 Å². The lowest BCUT2D eigenvalue weighted by atomic mass is 9.96. The van der Waals surface area contributed by atoms with Crippen molar-refractivity contribution < 1.29 is 24.6 Å². The van der Waals surface area contributed by atoms with Crippen molar-refractivity contribution in [2.75, 3.05) is 24.4 Å². The minimum atomic E-state index is -1.26. The highest BCUT2D eigenvalue weighted by atomic mass is 16.6. The molecule has 154 valence electrons. The topological polar surface area (TPSA) is 112 Å². The Morgan fingerprint density at radius 2 is 2.07 bits per heavy atom. The SMILES string of the molecule is C=C1Cc2cc(NC(=O)CO/N=C(/[C@@H](OC)C(C)C)[C@@H](O)[C@@H](C)O)ccc2N1. The van der Waals surface area contributed by atoms with Crippen LogP contribution in [0.1, 0.15) is 26.3 Å². The third-order valence-electron chi connectivity index (χ3n) is 4.38. The molecule has 2 rings (SSSR count). The Morgan fingerprint density at radius 1 is 1.36 bits per heavy atom. The van der Waals surface area contributed by atoms with E-state index in [1.165, 1.54) is 14.0 Å².